The summed E-state index contributed by atoms with van der Waals surface area (Å²) in [6, 6.07) is 8.27. The highest BCUT2D eigenvalue weighted by Gasteiger charge is 2.10. The molecule has 0 radical (unpaired) electrons. The van der Waals surface area contributed by atoms with Crippen LogP contribution in [0.15, 0.2) is 36.4 Å². The molecule has 0 fully saturated rings. The first-order valence-electron chi connectivity index (χ1n) is 5.66. The second-order valence-corrected chi connectivity index (χ2v) is 4.40. The van der Waals surface area contributed by atoms with Gasteiger partial charge in [-0.2, -0.15) is 0 Å². The molecule has 0 atom stereocenters. The van der Waals surface area contributed by atoms with E-state index < -0.39 is 11.6 Å². The fraction of sp³-hybridized carbons (Fsp3) is 0.143. The minimum absolute atomic E-state index is 0.0407. The summed E-state index contributed by atoms with van der Waals surface area (Å²) in [6.45, 7) is 0.551. The Kier molecular flexibility index (Phi) is 4.35. The van der Waals surface area contributed by atoms with Crippen LogP contribution in [-0.2, 0) is 6.54 Å². The van der Waals surface area contributed by atoms with E-state index in [1.807, 2.05) is 0 Å². The highest BCUT2D eigenvalue weighted by Crippen LogP contribution is 2.30. The van der Waals surface area contributed by atoms with Gasteiger partial charge in [0.15, 0.2) is 11.6 Å². The molecule has 2 aromatic rings. The van der Waals surface area contributed by atoms with E-state index in [1.165, 1.54) is 6.07 Å². The molecule has 0 spiro atoms. The van der Waals surface area contributed by atoms with Gasteiger partial charge in [0.05, 0.1) is 0 Å². The van der Waals surface area contributed by atoms with E-state index in [0.717, 1.165) is 17.7 Å². The minimum atomic E-state index is -0.754. The second-order valence-electron chi connectivity index (χ2n) is 3.96. The summed E-state index contributed by atoms with van der Waals surface area (Å²) in [7, 11) is 1.79. The molecule has 2 nitrogen and oxygen atoms in total. The van der Waals surface area contributed by atoms with E-state index in [2.05, 4.69) is 5.32 Å². The van der Waals surface area contributed by atoms with E-state index in [4.69, 9.17) is 16.3 Å². The van der Waals surface area contributed by atoms with E-state index >= 15 is 0 Å². The average Bonchev–Trinajstić information content (AvgIpc) is 2.36. The number of hydrogen-bond acceptors (Lipinski definition) is 2. The number of halogens is 3. The summed E-state index contributed by atoms with van der Waals surface area (Å²) in [5.41, 5.74) is 0.829. The van der Waals surface area contributed by atoms with Crippen molar-refractivity contribution in [3.63, 3.8) is 0 Å². The minimum Gasteiger partial charge on any atom is -0.454 e. The first-order chi connectivity index (χ1) is 9.10. The van der Waals surface area contributed by atoms with Crippen molar-refractivity contribution in [3.05, 3.63) is 58.6 Å². The molecule has 100 valence electrons. The Labute approximate surface area is 115 Å². The Morgan fingerprint density at radius 3 is 2.58 bits per heavy atom. The van der Waals surface area contributed by atoms with Gasteiger partial charge in [0.1, 0.15) is 11.6 Å². The molecule has 2 rings (SSSR count). The van der Waals surface area contributed by atoms with Crippen LogP contribution in [0, 0.1) is 11.6 Å². The van der Waals surface area contributed by atoms with Crippen LogP contribution in [0.3, 0.4) is 0 Å². The number of nitrogens with one attached hydrogen (secondary N) is 1. The molecule has 5 heteroatoms. The van der Waals surface area contributed by atoms with E-state index in [9.17, 15) is 8.78 Å². The predicted molar refractivity (Wildman–Crippen MR) is 70.6 cm³/mol. The molecule has 1 N–H and O–H groups in total. The fourth-order valence-corrected chi connectivity index (χ4v) is 1.80. The summed E-state index contributed by atoms with van der Waals surface area (Å²) in [6.07, 6.45) is 0. The maximum Gasteiger partial charge on any atom is 0.168 e. The van der Waals surface area contributed by atoms with Gasteiger partial charge in [0.2, 0.25) is 0 Å². The van der Waals surface area contributed by atoms with Gasteiger partial charge in [-0.1, -0.05) is 17.7 Å². The number of rotatable bonds is 4. The van der Waals surface area contributed by atoms with Crippen LogP contribution in [0.4, 0.5) is 8.78 Å². The largest absolute Gasteiger partial charge is 0.454 e. The van der Waals surface area contributed by atoms with Crippen molar-refractivity contribution in [1.29, 1.82) is 0 Å². The lowest BCUT2D eigenvalue weighted by Crippen LogP contribution is -2.06. The standard InChI is InChI=1S/C14H12ClF2NO/c1-18-8-9-2-3-10(15)6-14(9)19-13-5-4-11(16)7-12(13)17/h2-7,18H,8H2,1H3. The van der Waals surface area contributed by atoms with Crippen molar-refractivity contribution in [1.82, 2.24) is 5.32 Å². The first kappa shape index (κ1) is 13.8. The zero-order chi connectivity index (χ0) is 13.8. The molecule has 0 unspecified atom stereocenters. The van der Waals surface area contributed by atoms with E-state index in [1.54, 1.807) is 25.2 Å². The molecule has 2 aromatic carbocycles. The van der Waals surface area contributed by atoms with Crippen LogP contribution in [-0.4, -0.2) is 7.05 Å². The monoisotopic (exact) mass is 283 g/mol. The van der Waals surface area contributed by atoms with Crippen LogP contribution < -0.4 is 10.1 Å². The zero-order valence-electron chi connectivity index (χ0n) is 10.2. The van der Waals surface area contributed by atoms with Gasteiger partial charge in [-0.3, -0.25) is 0 Å². The third kappa shape index (κ3) is 3.43. The maximum atomic E-state index is 13.5. The molecule has 0 heterocycles. The molecule has 0 aromatic heterocycles. The van der Waals surface area contributed by atoms with Crippen molar-refractivity contribution < 1.29 is 13.5 Å². The van der Waals surface area contributed by atoms with Crippen LogP contribution in [0.2, 0.25) is 5.02 Å². The van der Waals surface area contributed by atoms with E-state index in [-0.39, 0.29) is 5.75 Å². The van der Waals surface area contributed by atoms with Crippen molar-refractivity contribution in [2.75, 3.05) is 7.05 Å². The molecule has 0 bridgehead atoms. The molecule has 0 amide bonds. The van der Waals surface area contributed by atoms with E-state index in [0.29, 0.717) is 17.3 Å². The van der Waals surface area contributed by atoms with Crippen LogP contribution in [0.1, 0.15) is 5.56 Å². The van der Waals surface area contributed by atoms with Crippen molar-refractivity contribution in [2.24, 2.45) is 0 Å². The Balaban J connectivity index is 2.33. The topological polar surface area (TPSA) is 21.3 Å². The van der Waals surface area contributed by atoms with Gasteiger partial charge in [-0.15, -0.1) is 0 Å². The average molecular weight is 284 g/mol. The smallest absolute Gasteiger partial charge is 0.168 e. The molecule has 0 saturated heterocycles. The molecule has 0 aliphatic heterocycles. The van der Waals surface area contributed by atoms with Crippen molar-refractivity contribution in [2.45, 2.75) is 6.54 Å². The Morgan fingerprint density at radius 2 is 1.89 bits per heavy atom. The van der Waals surface area contributed by atoms with Crippen LogP contribution in [0.25, 0.3) is 0 Å². The number of benzene rings is 2. The van der Waals surface area contributed by atoms with Gasteiger partial charge < -0.3 is 10.1 Å². The molecule has 0 aliphatic carbocycles. The summed E-state index contributed by atoms with van der Waals surface area (Å²) in [5.74, 6) is -1.00. The Morgan fingerprint density at radius 1 is 1.11 bits per heavy atom. The predicted octanol–water partition coefficient (Wildman–Crippen LogP) is 4.13. The normalized spacial score (nSPS) is 10.5. The summed E-state index contributed by atoms with van der Waals surface area (Å²) in [5, 5.41) is 3.46. The lowest BCUT2D eigenvalue weighted by atomic mass is 10.2. The van der Waals surface area contributed by atoms with Crippen molar-refractivity contribution in [3.8, 4) is 11.5 Å². The van der Waals surface area contributed by atoms with Gasteiger partial charge in [0, 0.05) is 23.2 Å². The fourth-order valence-electron chi connectivity index (χ4n) is 1.64. The quantitative estimate of drug-likeness (QED) is 0.911. The molecule has 0 saturated carbocycles. The zero-order valence-corrected chi connectivity index (χ0v) is 11.0. The Bertz CT molecular complexity index is 590. The molecule has 0 aliphatic rings. The maximum absolute atomic E-state index is 13.5. The molecular weight excluding hydrogens is 272 g/mol. The van der Waals surface area contributed by atoms with Gasteiger partial charge in [-0.05, 0) is 31.3 Å². The van der Waals surface area contributed by atoms with Gasteiger partial charge in [0.25, 0.3) is 0 Å². The van der Waals surface area contributed by atoms with Crippen LogP contribution >= 0.6 is 11.6 Å². The lowest BCUT2D eigenvalue weighted by Gasteiger charge is -2.12. The van der Waals surface area contributed by atoms with Crippen LogP contribution in [0.5, 0.6) is 11.5 Å². The highest BCUT2D eigenvalue weighted by molar-refractivity contribution is 6.30. The molecular formula is C14H12ClF2NO. The third-order valence-electron chi connectivity index (χ3n) is 2.51. The van der Waals surface area contributed by atoms with Gasteiger partial charge >= 0.3 is 0 Å². The highest BCUT2D eigenvalue weighted by atomic mass is 35.5. The number of ether oxygens (including phenoxy) is 1. The SMILES string of the molecule is CNCc1ccc(Cl)cc1Oc1ccc(F)cc1F. The number of hydrogen-bond donors (Lipinski definition) is 1. The third-order valence-corrected chi connectivity index (χ3v) is 2.75. The first-order valence-corrected chi connectivity index (χ1v) is 6.04. The van der Waals surface area contributed by atoms with Gasteiger partial charge in [-0.25, -0.2) is 8.78 Å². The van der Waals surface area contributed by atoms with Crippen molar-refractivity contribution >= 4 is 11.6 Å². The lowest BCUT2D eigenvalue weighted by molar-refractivity contribution is 0.432. The second kappa shape index (κ2) is 5.99. The summed E-state index contributed by atoms with van der Waals surface area (Å²) in [4.78, 5) is 0. The Hall–Kier alpha value is -1.65. The summed E-state index contributed by atoms with van der Waals surface area (Å²) < 4.78 is 31.8. The summed E-state index contributed by atoms with van der Waals surface area (Å²) >= 11 is 5.89. The molecule has 19 heavy (non-hydrogen) atoms.